The molecule has 0 heterocycles. The van der Waals surface area contributed by atoms with E-state index >= 15 is 0 Å². The lowest BCUT2D eigenvalue weighted by atomic mass is 10.3. The number of ether oxygens (including phenoxy) is 1. The van der Waals surface area contributed by atoms with E-state index in [-0.39, 0.29) is 0 Å². The van der Waals surface area contributed by atoms with E-state index in [9.17, 15) is 9.59 Å². The van der Waals surface area contributed by atoms with Crippen LogP contribution in [-0.4, -0.2) is 35.7 Å². The minimum atomic E-state index is -1.48. The van der Waals surface area contributed by atoms with Crippen molar-refractivity contribution in [1.82, 2.24) is 5.32 Å². The number of alkyl halides is 1. The highest BCUT2D eigenvalue weighted by Gasteiger charge is 2.26. The third-order valence-corrected chi connectivity index (χ3v) is 1.34. The van der Waals surface area contributed by atoms with Crippen LogP contribution in [-0.2, 0) is 14.3 Å². The first-order chi connectivity index (χ1) is 5.49. The minimum Gasteiger partial charge on any atom is -0.467 e. The third-order valence-electron chi connectivity index (χ3n) is 1.09. The highest BCUT2D eigenvalue weighted by Crippen LogP contribution is 2.00. The second-order valence-corrected chi connectivity index (χ2v) is 2.52. The molecule has 0 aromatic carbocycles. The minimum absolute atomic E-state index is 0.468. The molecule has 0 aromatic heterocycles. The van der Waals surface area contributed by atoms with E-state index < -0.39 is 23.5 Å². The van der Waals surface area contributed by atoms with Crippen LogP contribution in [0.2, 0.25) is 0 Å². The number of carbonyl (C=O) groups is 2. The molecule has 0 rings (SSSR count). The predicted octanol–water partition coefficient (Wildman–Crippen LogP) is -0.779. The van der Waals surface area contributed by atoms with Gasteiger partial charge >= 0.3 is 5.97 Å². The molecule has 0 aliphatic rings. The fourth-order valence-electron chi connectivity index (χ4n) is 0.586. The number of carbonyl (C=O) groups excluding carboxylic acids is 2. The Labute approximate surface area is 74.6 Å². The van der Waals surface area contributed by atoms with Gasteiger partial charge in [0.25, 0.3) is 0 Å². The zero-order valence-electron chi connectivity index (χ0n) is 6.70. The van der Waals surface area contributed by atoms with Gasteiger partial charge in [-0.25, -0.2) is 4.79 Å². The quantitative estimate of drug-likeness (QED) is 0.458. The van der Waals surface area contributed by atoms with Gasteiger partial charge in [-0.2, -0.15) is 0 Å². The van der Waals surface area contributed by atoms with Crippen LogP contribution < -0.4 is 5.32 Å². The third kappa shape index (κ3) is 3.54. The summed E-state index contributed by atoms with van der Waals surface area (Å²) in [5, 5.41) is 10.9. The van der Waals surface area contributed by atoms with Crippen molar-refractivity contribution in [3.05, 3.63) is 0 Å². The van der Waals surface area contributed by atoms with Crippen molar-refractivity contribution in [2.45, 2.75) is 18.5 Å². The predicted molar refractivity (Wildman–Crippen MR) is 41.5 cm³/mol. The first-order valence-electron chi connectivity index (χ1n) is 3.16. The number of hydrogen-bond acceptors (Lipinski definition) is 4. The van der Waals surface area contributed by atoms with E-state index in [1.807, 2.05) is 0 Å². The molecule has 70 valence electrons. The van der Waals surface area contributed by atoms with Crippen molar-refractivity contribution in [3.63, 3.8) is 0 Å². The largest absolute Gasteiger partial charge is 0.467 e. The topological polar surface area (TPSA) is 75.6 Å². The van der Waals surface area contributed by atoms with E-state index in [0.717, 1.165) is 7.11 Å². The van der Waals surface area contributed by atoms with Crippen LogP contribution in [0.5, 0.6) is 0 Å². The molecule has 0 saturated heterocycles. The van der Waals surface area contributed by atoms with Crippen molar-refractivity contribution in [2.24, 2.45) is 0 Å². The second-order valence-electron chi connectivity index (χ2n) is 2.07. The van der Waals surface area contributed by atoms with Crippen LogP contribution in [0.3, 0.4) is 0 Å². The van der Waals surface area contributed by atoms with Crippen molar-refractivity contribution in [1.29, 1.82) is 0 Å². The monoisotopic (exact) mass is 195 g/mol. The SMILES string of the molecule is COC(=O)[C@H](NC(C)=O)C(O)Cl. The van der Waals surface area contributed by atoms with Gasteiger partial charge in [0.1, 0.15) is 0 Å². The highest BCUT2D eigenvalue weighted by atomic mass is 35.5. The van der Waals surface area contributed by atoms with Gasteiger partial charge in [-0.15, -0.1) is 0 Å². The first-order valence-corrected chi connectivity index (χ1v) is 3.59. The zero-order chi connectivity index (χ0) is 9.72. The summed E-state index contributed by atoms with van der Waals surface area (Å²) in [5.74, 6) is -1.25. The summed E-state index contributed by atoms with van der Waals surface area (Å²) in [7, 11) is 1.14. The standard InChI is InChI=1S/C6H10ClNO4/c1-3(9)8-4(5(7)10)6(11)12-2/h4-5,10H,1-2H3,(H,8,9)/t4-,5?/m1/s1. The molecule has 0 aliphatic heterocycles. The van der Waals surface area contributed by atoms with E-state index in [2.05, 4.69) is 10.1 Å². The Morgan fingerprint density at radius 1 is 1.58 bits per heavy atom. The number of nitrogens with one attached hydrogen (secondary N) is 1. The molecule has 0 spiro atoms. The molecule has 0 saturated carbocycles. The first kappa shape index (κ1) is 11.2. The van der Waals surface area contributed by atoms with Crippen LogP contribution in [0, 0.1) is 0 Å². The average Bonchev–Trinajstić information content (AvgIpc) is 1.98. The Morgan fingerprint density at radius 2 is 2.08 bits per heavy atom. The van der Waals surface area contributed by atoms with Crippen LogP contribution in [0.1, 0.15) is 6.92 Å². The number of amides is 1. The average molecular weight is 196 g/mol. The van der Waals surface area contributed by atoms with E-state index in [0.29, 0.717) is 0 Å². The Morgan fingerprint density at radius 3 is 2.33 bits per heavy atom. The van der Waals surface area contributed by atoms with Gasteiger partial charge in [0.15, 0.2) is 11.6 Å². The maximum atomic E-state index is 10.8. The summed E-state index contributed by atoms with van der Waals surface area (Å²) in [4.78, 5) is 21.3. The van der Waals surface area contributed by atoms with Crippen LogP contribution in [0.15, 0.2) is 0 Å². The fraction of sp³-hybridized carbons (Fsp3) is 0.667. The van der Waals surface area contributed by atoms with Crippen molar-refractivity contribution >= 4 is 23.5 Å². The molecule has 5 nitrogen and oxygen atoms in total. The van der Waals surface area contributed by atoms with Crippen LogP contribution >= 0.6 is 11.6 Å². The van der Waals surface area contributed by atoms with Gasteiger partial charge in [0.2, 0.25) is 5.91 Å². The molecule has 0 aliphatic carbocycles. The van der Waals surface area contributed by atoms with Gasteiger partial charge in [-0.1, -0.05) is 11.6 Å². The summed E-state index contributed by atoms with van der Waals surface area (Å²) < 4.78 is 4.28. The summed E-state index contributed by atoms with van der Waals surface area (Å²) in [6.45, 7) is 1.20. The Kier molecular flexibility index (Phi) is 4.61. The molecule has 1 amide bonds. The van der Waals surface area contributed by atoms with Crippen LogP contribution in [0.25, 0.3) is 0 Å². The number of esters is 1. The molecule has 6 heteroatoms. The number of aliphatic hydroxyl groups is 1. The van der Waals surface area contributed by atoms with Crippen molar-refractivity contribution < 1.29 is 19.4 Å². The molecule has 0 bridgehead atoms. The number of halogens is 1. The number of rotatable bonds is 3. The summed E-state index contributed by atoms with van der Waals surface area (Å²) in [5.41, 5.74) is -1.48. The lowest BCUT2D eigenvalue weighted by molar-refractivity contribution is -0.146. The molecule has 0 aromatic rings. The Balaban J connectivity index is 4.23. The van der Waals surface area contributed by atoms with Crippen molar-refractivity contribution in [3.8, 4) is 0 Å². The number of methoxy groups -OCH3 is 1. The summed E-state index contributed by atoms with van der Waals surface area (Å²) >= 11 is 5.20. The summed E-state index contributed by atoms with van der Waals surface area (Å²) in [6.07, 6.45) is 0. The molecule has 0 radical (unpaired) electrons. The van der Waals surface area contributed by atoms with Gasteiger partial charge in [0.05, 0.1) is 7.11 Å². The van der Waals surface area contributed by atoms with Gasteiger partial charge < -0.3 is 15.2 Å². The van der Waals surface area contributed by atoms with E-state index in [1.165, 1.54) is 6.92 Å². The molecule has 2 atom stereocenters. The summed E-state index contributed by atoms with van der Waals surface area (Å²) in [6, 6.07) is -1.21. The molecular formula is C6H10ClNO4. The maximum absolute atomic E-state index is 10.8. The zero-order valence-corrected chi connectivity index (χ0v) is 7.46. The molecular weight excluding hydrogens is 186 g/mol. The van der Waals surface area contributed by atoms with E-state index in [1.54, 1.807) is 0 Å². The molecule has 12 heavy (non-hydrogen) atoms. The van der Waals surface area contributed by atoms with Gasteiger partial charge in [-0.3, -0.25) is 4.79 Å². The normalized spacial score (nSPS) is 14.7. The van der Waals surface area contributed by atoms with Gasteiger partial charge in [-0.05, 0) is 0 Å². The van der Waals surface area contributed by atoms with Gasteiger partial charge in [0, 0.05) is 6.92 Å². The Hall–Kier alpha value is -0.810. The van der Waals surface area contributed by atoms with Crippen LogP contribution in [0.4, 0.5) is 0 Å². The number of aliphatic hydroxyl groups excluding tert-OH is 1. The second kappa shape index (κ2) is 4.95. The maximum Gasteiger partial charge on any atom is 0.332 e. The lowest BCUT2D eigenvalue weighted by Crippen LogP contribution is -2.46. The lowest BCUT2D eigenvalue weighted by Gasteiger charge is -2.15. The van der Waals surface area contributed by atoms with E-state index in [4.69, 9.17) is 16.7 Å². The smallest absolute Gasteiger partial charge is 0.332 e. The molecule has 1 unspecified atom stereocenters. The van der Waals surface area contributed by atoms with Crippen molar-refractivity contribution in [2.75, 3.05) is 7.11 Å². The number of hydrogen-bond donors (Lipinski definition) is 2. The molecule has 2 N–H and O–H groups in total. The highest BCUT2D eigenvalue weighted by molar-refractivity contribution is 6.21. The fourth-order valence-corrected chi connectivity index (χ4v) is 0.752. The Bertz CT molecular complexity index is 182. The molecule has 0 fully saturated rings.